The van der Waals surface area contributed by atoms with E-state index in [9.17, 15) is 4.79 Å². The standard InChI is InChI=1S/C8H8.C3H6O2/c1-2-8-6-4-3-5-7-8;1-3(4)5-2/h2-7H,1H2;1-2H3. The van der Waals surface area contributed by atoms with Gasteiger partial charge in [-0.2, -0.15) is 0 Å². The molecule has 0 bridgehead atoms. The topological polar surface area (TPSA) is 26.3 Å². The number of carbonyl (C=O) groups is 1. The molecule has 0 aromatic heterocycles. The lowest BCUT2D eigenvalue weighted by Gasteiger charge is -1.85. The summed E-state index contributed by atoms with van der Waals surface area (Å²) < 4.78 is 4.11. The Bertz CT molecular complexity index is 252. The molecule has 0 aliphatic carbocycles. The van der Waals surface area contributed by atoms with Crippen LogP contribution in [0.25, 0.3) is 6.08 Å². The molecular formula is C11H14O2. The average Bonchev–Trinajstić information content (AvgIpc) is 2.20. The van der Waals surface area contributed by atoms with Crippen LogP contribution in [-0.2, 0) is 9.53 Å². The molecule has 70 valence electrons. The van der Waals surface area contributed by atoms with Crippen LogP contribution in [-0.4, -0.2) is 13.1 Å². The molecule has 0 atom stereocenters. The zero-order valence-electron chi connectivity index (χ0n) is 7.99. The van der Waals surface area contributed by atoms with E-state index in [0.717, 1.165) is 0 Å². The molecule has 0 unspecified atom stereocenters. The van der Waals surface area contributed by atoms with Crippen LogP contribution in [0.15, 0.2) is 36.9 Å². The van der Waals surface area contributed by atoms with Gasteiger partial charge in [0.05, 0.1) is 7.11 Å². The second kappa shape index (κ2) is 7.10. The number of hydrogen-bond donors (Lipinski definition) is 0. The minimum atomic E-state index is -0.245. The quantitative estimate of drug-likeness (QED) is 0.617. The van der Waals surface area contributed by atoms with E-state index >= 15 is 0 Å². The Labute approximate surface area is 78.8 Å². The summed E-state index contributed by atoms with van der Waals surface area (Å²) >= 11 is 0. The number of benzene rings is 1. The predicted molar refractivity (Wildman–Crippen MR) is 54.2 cm³/mol. The fourth-order valence-electron chi connectivity index (χ4n) is 0.589. The van der Waals surface area contributed by atoms with Crippen LogP contribution in [0.2, 0.25) is 0 Å². The fourth-order valence-corrected chi connectivity index (χ4v) is 0.589. The first kappa shape index (κ1) is 11.4. The van der Waals surface area contributed by atoms with Crippen molar-refractivity contribution in [2.75, 3.05) is 7.11 Å². The normalized spacial score (nSPS) is 7.85. The van der Waals surface area contributed by atoms with Crippen molar-refractivity contribution in [3.63, 3.8) is 0 Å². The number of hydrogen-bond acceptors (Lipinski definition) is 2. The van der Waals surface area contributed by atoms with Crippen molar-refractivity contribution in [3.05, 3.63) is 42.5 Å². The fraction of sp³-hybridized carbons (Fsp3) is 0.182. The van der Waals surface area contributed by atoms with Gasteiger partial charge in [0.25, 0.3) is 0 Å². The highest BCUT2D eigenvalue weighted by Crippen LogP contribution is 1.97. The number of ether oxygens (including phenoxy) is 1. The van der Waals surface area contributed by atoms with Crippen LogP contribution in [0.1, 0.15) is 12.5 Å². The Kier molecular flexibility index (Phi) is 6.24. The molecule has 0 radical (unpaired) electrons. The van der Waals surface area contributed by atoms with Gasteiger partial charge in [-0.3, -0.25) is 4.79 Å². The second-order valence-corrected chi connectivity index (χ2v) is 2.31. The zero-order valence-corrected chi connectivity index (χ0v) is 7.99. The summed E-state index contributed by atoms with van der Waals surface area (Å²) in [5, 5.41) is 0. The molecule has 0 saturated heterocycles. The van der Waals surface area contributed by atoms with E-state index in [1.165, 1.54) is 19.6 Å². The summed E-state index contributed by atoms with van der Waals surface area (Å²) in [5.41, 5.74) is 1.17. The van der Waals surface area contributed by atoms with E-state index in [0.29, 0.717) is 0 Å². The molecule has 13 heavy (non-hydrogen) atoms. The molecule has 1 aromatic rings. The Morgan fingerprint density at radius 3 is 2.08 bits per heavy atom. The van der Waals surface area contributed by atoms with Crippen LogP contribution in [0.3, 0.4) is 0 Å². The number of methoxy groups -OCH3 is 1. The van der Waals surface area contributed by atoms with E-state index in [1.807, 2.05) is 36.4 Å². The summed E-state index contributed by atoms with van der Waals surface area (Å²) in [5.74, 6) is -0.245. The van der Waals surface area contributed by atoms with Crippen LogP contribution >= 0.6 is 0 Å². The summed E-state index contributed by atoms with van der Waals surface area (Å²) in [6.45, 7) is 4.99. The van der Waals surface area contributed by atoms with Gasteiger partial charge in [-0.05, 0) is 5.56 Å². The van der Waals surface area contributed by atoms with Crippen LogP contribution in [0, 0.1) is 0 Å². The maximum atomic E-state index is 9.59. The Hall–Kier alpha value is -1.57. The Balaban J connectivity index is 0.000000252. The third kappa shape index (κ3) is 6.81. The first-order valence-electron chi connectivity index (χ1n) is 3.92. The largest absolute Gasteiger partial charge is 0.469 e. The van der Waals surface area contributed by atoms with E-state index in [4.69, 9.17) is 0 Å². The highest BCUT2D eigenvalue weighted by molar-refractivity contribution is 5.65. The van der Waals surface area contributed by atoms with Crippen molar-refractivity contribution in [1.82, 2.24) is 0 Å². The van der Waals surface area contributed by atoms with Crippen molar-refractivity contribution < 1.29 is 9.53 Å². The highest BCUT2D eigenvalue weighted by Gasteiger charge is 1.76. The summed E-state index contributed by atoms with van der Waals surface area (Å²) in [6.07, 6.45) is 1.83. The number of rotatable bonds is 1. The molecule has 2 nitrogen and oxygen atoms in total. The molecule has 0 aliphatic heterocycles. The Morgan fingerprint density at radius 1 is 1.38 bits per heavy atom. The van der Waals surface area contributed by atoms with Gasteiger partial charge in [-0.25, -0.2) is 0 Å². The second-order valence-electron chi connectivity index (χ2n) is 2.31. The zero-order chi connectivity index (χ0) is 10.1. The smallest absolute Gasteiger partial charge is 0.302 e. The monoisotopic (exact) mass is 178 g/mol. The summed E-state index contributed by atoms with van der Waals surface area (Å²) in [4.78, 5) is 9.59. The molecule has 1 rings (SSSR count). The van der Waals surface area contributed by atoms with Gasteiger partial charge in [0.1, 0.15) is 0 Å². The summed E-state index contributed by atoms with van der Waals surface area (Å²) in [7, 11) is 1.35. The van der Waals surface area contributed by atoms with E-state index < -0.39 is 0 Å². The van der Waals surface area contributed by atoms with E-state index in [2.05, 4.69) is 11.3 Å². The Morgan fingerprint density at radius 2 is 1.85 bits per heavy atom. The predicted octanol–water partition coefficient (Wildman–Crippen LogP) is 2.51. The van der Waals surface area contributed by atoms with E-state index in [1.54, 1.807) is 0 Å². The van der Waals surface area contributed by atoms with Crippen molar-refractivity contribution in [2.24, 2.45) is 0 Å². The molecule has 0 N–H and O–H groups in total. The third-order valence-corrected chi connectivity index (χ3v) is 1.32. The molecule has 0 saturated carbocycles. The number of esters is 1. The first-order chi connectivity index (χ1) is 6.20. The average molecular weight is 178 g/mol. The van der Waals surface area contributed by atoms with Crippen molar-refractivity contribution in [2.45, 2.75) is 6.92 Å². The molecule has 0 spiro atoms. The lowest BCUT2D eigenvalue weighted by molar-refractivity contribution is -0.137. The van der Waals surface area contributed by atoms with Crippen LogP contribution in [0.5, 0.6) is 0 Å². The van der Waals surface area contributed by atoms with Gasteiger partial charge in [-0.1, -0.05) is 43.0 Å². The maximum absolute atomic E-state index is 9.59. The molecule has 0 heterocycles. The summed E-state index contributed by atoms with van der Waals surface area (Å²) in [6, 6.07) is 10.0. The van der Waals surface area contributed by atoms with Gasteiger partial charge in [-0.15, -0.1) is 0 Å². The van der Waals surface area contributed by atoms with Gasteiger partial charge in [0.15, 0.2) is 0 Å². The maximum Gasteiger partial charge on any atom is 0.302 e. The van der Waals surface area contributed by atoms with E-state index in [-0.39, 0.29) is 5.97 Å². The van der Waals surface area contributed by atoms with Crippen molar-refractivity contribution in [3.8, 4) is 0 Å². The van der Waals surface area contributed by atoms with Gasteiger partial charge in [0.2, 0.25) is 0 Å². The molecule has 1 aromatic carbocycles. The SMILES string of the molecule is C=Cc1ccccc1.COC(C)=O. The lowest BCUT2D eigenvalue weighted by Crippen LogP contribution is -1.88. The van der Waals surface area contributed by atoms with Gasteiger partial charge in [0, 0.05) is 6.92 Å². The molecular weight excluding hydrogens is 164 g/mol. The highest BCUT2D eigenvalue weighted by atomic mass is 16.5. The van der Waals surface area contributed by atoms with Crippen LogP contribution in [0.4, 0.5) is 0 Å². The van der Waals surface area contributed by atoms with Gasteiger partial charge < -0.3 is 4.74 Å². The minimum Gasteiger partial charge on any atom is -0.469 e. The van der Waals surface area contributed by atoms with Crippen molar-refractivity contribution in [1.29, 1.82) is 0 Å². The first-order valence-corrected chi connectivity index (χ1v) is 3.92. The van der Waals surface area contributed by atoms with Crippen molar-refractivity contribution >= 4 is 12.0 Å². The molecule has 0 fully saturated rings. The molecule has 2 heteroatoms. The third-order valence-electron chi connectivity index (χ3n) is 1.32. The molecule has 0 amide bonds. The number of carbonyl (C=O) groups excluding carboxylic acids is 1. The lowest BCUT2D eigenvalue weighted by atomic mass is 10.2. The minimum absolute atomic E-state index is 0.245. The van der Waals surface area contributed by atoms with Gasteiger partial charge >= 0.3 is 5.97 Å². The van der Waals surface area contributed by atoms with Crippen LogP contribution < -0.4 is 0 Å². The molecule has 0 aliphatic rings.